The zero-order valence-corrected chi connectivity index (χ0v) is 15.7. The summed E-state index contributed by atoms with van der Waals surface area (Å²) in [5, 5.41) is 12.4. The molecule has 1 saturated heterocycles. The predicted molar refractivity (Wildman–Crippen MR) is 107 cm³/mol. The van der Waals surface area contributed by atoms with Gasteiger partial charge in [-0.1, -0.05) is 48.6 Å². The van der Waals surface area contributed by atoms with Crippen molar-refractivity contribution in [3.8, 4) is 0 Å². The van der Waals surface area contributed by atoms with Gasteiger partial charge in [0.1, 0.15) is 0 Å². The van der Waals surface area contributed by atoms with Crippen molar-refractivity contribution in [2.75, 3.05) is 19.6 Å². The van der Waals surface area contributed by atoms with Gasteiger partial charge < -0.3 is 10.4 Å². The van der Waals surface area contributed by atoms with Crippen LogP contribution >= 0.6 is 0 Å². The van der Waals surface area contributed by atoms with Crippen LogP contribution in [0.2, 0.25) is 0 Å². The van der Waals surface area contributed by atoms with Crippen molar-refractivity contribution in [1.82, 2.24) is 15.2 Å². The lowest BCUT2D eigenvalue weighted by Gasteiger charge is -2.34. The van der Waals surface area contributed by atoms with Crippen molar-refractivity contribution in [1.29, 1.82) is 0 Å². The third-order valence-electron chi connectivity index (χ3n) is 4.91. The van der Waals surface area contributed by atoms with E-state index in [9.17, 15) is 14.7 Å². The summed E-state index contributed by atoms with van der Waals surface area (Å²) in [7, 11) is 0. The molecule has 2 N–H and O–H groups in total. The van der Waals surface area contributed by atoms with Crippen molar-refractivity contribution in [3.05, 3.63) is 72.1 Å². The molecule has 3 rings (SSSR count). The molecule has 0 bridgehead atoms. The SMILES string of the molecule is O=C(O)[C@H]1C[C@@H](C(=O)NCc2cccnc2)CN(C/C=C/c2ccccc2)C1. The Morgan fingerprint density at radius 1 is 1.14 bits per heavy atom. The van der Waals surface area contributed by atoms with Gasteiger partial charge in [0.15, 0.2) is 0 Å². The normalized spacial score (nSPS) is 20.1. The predicted octanol–water partition coefficient (Wildman–Crippen LogP) is 2.43. The van der Waals surface area contributed by atoms with Crippen molar-refractivity contribution in [2.45, 2.75) is 13.0 Å². The minimum Gasteiger partial charge on any atom is -0.481 e. The maximum atomic E-state index is 12.6. The Hall–Kier alpha value is -2.99. The highest BCUT2D eigenvalue weighted by Gasteiger charge is 2.34. The summed E-state index contributed by atoms with van der Waals surface area (Å²) in [5.41, 5.74) is 2.02. The molecule has 2 atom stereocenters. The number of aliphatic carboxylic acids is 1. The third-order valence-corrected chi connectivity index (χ3v) is 4.91. The van der Waals surface area contributed by atoms with Crippen LogP contribution in [0.4, 0.5) is 0 Å². The molecule has 6 nitrogen and oxygen atoms in total. The quantitative estimate of drug-likeness (QED) is 0.772. The molecule has 28 heavy (non-hydrogen) atoms. The topological polar surface area (TPSA) is 82.5 Å². The first kappa shape index (κ1) is 19.8. The van der Waals surface area contributed by atoms with E-state index in [0.29, 0.717) is 32.6 Å². The maximum absolute atomic E-state index is 12.6. The summed E-state index contributed by atoms with van der Waals surface area (Å²) in [4.78, 5) is 30.2. The lowest BCUT2D eigenvalue weighted by molar-refractivity contribution is -0.145. The molecule has 1 aliphatic rings. The number of hydrogen-bond donors (Lipinski definition) is 2. The molecule has 0 saturated carbocycles. The van der Waals surface area contributed by atoms with Gasteiger partial charge in [0.25, 0.3) is 0 Å². The molecule has 0 unspecified atom stereocenters. The van der Waals surface area contributed by atoms with Gasteiger partial charge in [-0.3, -0.25) is 19.5 Å². The number of likely N-dealkylation sites (tertiary alicyclic amines) is 1. The molecular weight excluding hydrogens is 354 g/mol. The van der Waals surface area contributed by atoms with Crippen LogP contribution in [-0.2, 0) is 16.1 Å². The Morgan fingerprint density at radius 2 is 1.93 bits per heavy atom. The number of nitrogens with zero attached hydrogens (tertiary/aromatic N) is 2. The first-order valence-electron chi connectivity index (χ1n) is 9.45. The van der Waals surface area contributed by atoms with E-state index in [-0.39, 0.29) is 11.8 Å². The van der Waals surface area contributed by atoms with Gasteiger partial charge >= 0.3 is 5.97 Å². The van der Waals surface area contributed by atoms with Gasteiger partial charge in [-0.05, 0) is 23.6 Å². The molecule has 2 aromatic rings. The van der Waals surface area contributed by atoms with Crippen LogP contribution in [0.25, 0.3) is 6.08 Å². The van der Waals surface area contributed by atoms with E-state index in [4.69, 9.17) is 0 Å². The van der Waals surface area contributed by atoms with E-state index in [1.165, 1.54) is 0 Å². The Morgan fingerprint density at radius 3 is 2.64 bits per heavy atom. The zero-order chi connectivity index (χ0) is 19.8. The minimum absolute atomic E-state index is 0.105. The Balaban J connectivity index is 1.58. The molecule has 146 valence electrons. The van der Waals surface area contributed by atoms with E-state index >= 15 is 0 Å². The Kier molecular flexibility index (Phi) is 6.92. The summed E-state index contributed by atoms with van der Waals surface area (Å²) in [6.45, 7) is 2.03. The number of carboxylic acid groups (broad SMARTS) is 1. The second-order valence-corrected chi connectivity index (χ2v) is 7.08. The second-order valence-electron chi connectivity index (χ2n) is 7.08. The number of aromatic nitrogens is 1. The summed E-state index contributed by atoms with van der Waals surface area (Å²) in [5.74, 6) is -1.82. The second kappa shape index (κ2) is 9.80. The largest absolute Gasteiger partial charge is 0.481 e. The monoisotopic (exact) mass is 379 g/mol. The van der Waals surface area contributed by atoms with Gasteiger partial charge in [0, 0.05) is 38.6 Å². The zero-order valence-electron chi connectivity index (χ0n) is 15.7. The number of carbonyl (C=O) groups is 2. The molecule has 6 heteroatoms. The van der Waals surface area contributed by atoms with Crippen molar-refractivity contribution < 1.29 is 14.7 Å². The van der Waals surface area contributed by atoms with Crippen molar-refractivity contribution >= 4 is 18.0 Å². The van der Waals surface area contributed by atoms with Crippen LogP contribution in [-0.4, -0.2) is 46.5 Å². The highest BCUT2D eigenvalue weighted by molar-refractivity contribution is 5.80. The fourth-order valence-corrected chi connectivity index (χ4v) is 3.45. The molecule has 1 amide bonds. The summed E-state index contributed by atoms with van der Waals surface area (Å²) >= 11 is 0. The molecule has 2 heterocycles. The fraction of sp³-hybridized carbons (Fsp3) is 0.318. The van der Waals surface area contributed by atoms with Crippen molar-refractivity contribution in [2.24, 2.45) is 11.8 Å². The first-order chi connectivity index (χ1) is 13.6. The number of piperidine rings is 1. The molecule has 0 spiro atoms. The average Bonchev–Trinajstić information content (AvgIpc) is 2.73. The molecular formula is C22H25N3O3. The number of carbonyl (C=O) groups excluding carboxylic acids is 1. The highest BCUT2D eigenvalue weighted by Crippen LogP contribution is 2.23. The van der Waals surface area contributed by atoms with E-state index < -0.39 is 11.9 Å². The summed E-state index contributed by atoms with van der Waals surface area (Å²) < 4.78 is 0. The van der Waals surface area contributed by atoms with Crippen LogP contribution in [0.1, 0.15) is 17.5 Å². The van der Waals surface area contributed by atoms with Crippen molar-refractivity contribution in [3.63, 3.8) is 0 Å². The van der Waals surface area contributed by atoms with Gasteiger partial charge in [0.05, 0.1) is 11.8 Å². The van der Waals surface area contributed by atoms with E-state index in [0.717, 1.165) is 11.1 Å². The van der Waals surface area contributed by atoms with Gasteiger partial charge in [0.2, 0.25) is 5.91 Å². The van der Waals surface area contributed by atoms with E-state index in [1.54, 1.807) is 12.4 Å². The number of pyridine rings is 1. The summed E-state index contributed by atoms with van der Waals surface area (Å²) in [6, 6.07) is 13.7. The maximum Gasteiger partial charge on any atom is 0.307 e. The Labute approximate surface area is 164 Å². The fourth-order valence-electron chi connectivity index (χ4n) is 3.45. The number of benzene rings is 1. The molecule has 1 aromatic carbocycles. The lowest BCUT2D eigenvalue weighted by Crippen LogP contribution is -2.48. The molecule has 1 aromatic heterocycles. The molecule has 0 aliphatic carbocycles. The van der Waals surface area contributed by atoms with E-state index in [1.807, 2.05) is 59.5 Å². The summed E-state index contributed by atoms with van der Waals surface area (Å²) in [6.07, 6.45) is 7.80. The molecule has 1 aliphatic heterocycles. The Bertz CT molecular complexity index is 808. The molecule has 0 radical (unpaired) electrons. The highest BCUT2D eigenvalue weighted by atomic mass is 16.4. The first-order valence-corrected chi connectivity index (χ1v) is 9.45. The standard InChI is InChI=1S/C22H25N3O3/c26-21(24-14-18-8-4-10-23-13-18)19-12-20(22(27)28)16-25(15-19)11-5-9-17-6-2-1-3-7-17/h1-10,13,19-20H,11-12,14-16H2,(H,24,26)(H,27,28)/b9-5+/t19-,20+/m1/s1. The van der Waals surface area contributed by atoms with Crippen LogP contribution in [0.5, 0.6) is 0 Å². The number of carboxylic acids is 1. The van der Waals surface area contributed by atoms with E-state index in [2.05, 4.69) is 10.3 Å². The number of amides is 1. The number of nitrogens with one attached hydrogen (secondary N) is 1. The lowest BCUT2D eigenvalue weighted by atomic mass is 9.88. The molecule has 1 fully saturated rings. The average molecular weight is 379 g/mol. The minimum atomic E-state index is -0.846. The van der Waals surface area contributed by atoms with Crippen LogP contribution in [0.3, 0.4) is 0 Å². The number of rotatable bonds is 7. The van der Waals surface area contributed by atoms with Crippen LogP contribution in [0, 0.1) is 11.8 Å². The van der Waals surface area contributed by atoms with Gasteiger partial charge in [-0.2, -0.15) is 0 Å². The van der Waals surface area contributed by atoms with Crippen LogP contribution in [0.15, 0.2) is 60.9 Å². The third kappa shape index (κ3) is 5.76. The van der Waals surface area contributed by atoms with Gasteiger partial charge in [-0.15, -0.1) is 0 Å². The smallest absolute Gasteiger partial charge is 0.307 e. The van der Waals surface area contributed by atoms with Crippen LogP contribution < -0.4 is 5.32 Å². The number of hydrogen-bond acceptors (Lipinski definition) is 4. The van der Waals surface area contributed by atoms with Gasteiger partial charge in [-0.25, -0.2) is 0 Å².